The average Bonchev–Trinajstić information content (AvgIpc) is 3.17. The first-order chi connectivity index (χ1) is 13.5. The highest BCUT2D eigenvalue weighted by Crippen LogP contribution is 2.37. The summed E-state index contributed by atoms with van der Waals surface area (Å²) in [5, 5.41) is 37.0. The van der Waals surface area contributed by atoms with E-state index in [1.807, 2.05) is 0 Å². The Kier molecular flexibility index (Phi) is 5.20. The highest BCUT2D eigenvalue weighted by molar-refractivity contribution is 6.44. The fraction of sp³-hybridized carbons (Fsp3) is 0.471. The van der Waals surface area contributed by atoms with E-state index in [-0.39, 0.29) is 35.8 Å². The fourth-order valence-electron chi connectivity index (χ4n) is 3.56. The molecule has 3 N–H and O–H groups in total. The Bertz CT molecular complexity index is 842. The number of rotatable bonds is 7. The summed E-state index contributed by atoms with van der Waals surface area (Å²) >= 11 is 0. The number of aromatic nitrogens is 3. The number of aryl methyl sites for hydroxylation is 1. The molecule has 1 aromatic heterocycles. The van der Waals surface area contributed by atoms with Crippen LogP contribution in [0, 0.1) is 0 Å². The molecule has 2 aliphatic heterocycles. The van der Waals surface area contributed by atoms with Crippen LogP contribution in [0.15, 0.2) is 24.5 Å². The minimum Gasteiger partial charge on any atom is -0.535 e. The largest absolute Gasteiger partial charge is 0.535 e. The number of hydrogen-bond donors (Lipinski definition) is 3. The first kappa shape index (κ1) is 18.7. The maximum absolute atomic E-state index is 11.8. The van der Waals surface area contributed by atoms with Gasteiger partial charge in [-0.05, 0) is 24.4 Å². The van der Waals surface area contributed by atoms with Gasteiger partial charge in [-0.1, -0.05) is 6.07 Å². The summed E-state index contributed by atoms with van der Waals surface area (Å²) in [5.74, 6) is -0.732. The first-order valence-corrected chi connectivity index (χ1v) is 9.14. The van der Waals surface area contributed by atoms with Crippen LogP contribution < -0.4 is 9.39 Å². The topological polar surface area (TPSA) is 130 Å². The second-order valence-electron chi connectivity index (χ2n) is 6.99. The van der Waals surface area contributed by atoms with Gasteiger partial charge in [-0.2, -0.15) is 15.0 Å². The van der Waals surface area contributed by atoms with Crippen molar-refractivity contribution in [3.8, 4) is 11.5 Å². The van der Waals surface area contributed by atoms with Crippen LogP contribution in [0.4, 0.5) is 0 Å². The van der Waals surface area contributed by atoms with E-state index in [4.69, 9.17) is 9.39 Å². The van der Waals surface area contributed by atoms with Gasteiger partial charge in [0.15, 0.2) is 0 Å². The third-order valence-corrected chi connectivity index (χ3v) is 4.99. The number of benzene rings is 1. The van der Waals surface area contributed by atoms with Crippen LogP contribution >= 0.6 is 0 Å². The zero-order valence-electron chi connectivity index (χ0n) is 15.1. The number of likely N-dealkylation sites (tertiary alicyclic amines) is 1. The molecular formula is C17H21BN4O6. The average molecular weight is 388 g/mol. The number of aliphatic hydroxyl groups excluding tert-OH is 1. The molecule has 11 heteroatoms. The van der Waals surface area contributed by atoms with Crippen LogP contribution in [0.2, 0.25) is 6.32 Å². The van der Waals surface area contributed by atoms with Crippen LogP contribution in [0.25, 0.3) is 0 Å². The van der Waals surface area contributed by atoms with Gasteiger partial charge in [0.1, 0.15) is 29.2 Å². The molecule has 148 valence electrons. The highest BCUT2D eigenvalue weighted by atomic mass is 16.5. The number of fused-ring (bicyclic) bond motifs is 1. The van der Waals surface area contributed by atoms with E-state index in [1.54, 1.807) is 24.5 Å². The molecule has 1 atom stereocenters. The summed E-state index contributed by atoms with van der Waals surface area (Å²) in [4.78, 5) is 15.3. The van der Waals surface area contributed by atoms with E-state index in [2.05, 4.69) is 15.1 Å². The molecule has 0 bridgehead atoms. The Hall–Kier alpha value is -2.63. The Labute approximate surface area is 161 Å². The highest BCUT2D eigenvalue weighted by Gasteiger charge is 2.34. The number of hydrogen-bond acceptors (Lipinski definition) is 8. The Morgan fingerprint density at radius 2 is 2.11 bits per heavy atom. The summed E-state index contributed by atoms with van der Waals surface area (Å²) in [6, 6.07) is 3.19. The lowest BCUT2D eigenvalue weighted by Crippen LogP contribution is -2.55. The van der Waals surface area contributed by atoms with Gasteiger partial charge in [0.25, 0.3) is 0 Å². The zero-order valence-corrected chi connectivity index (χ0v) is 15.1. The number of nitrogens with zero attached hydrogens (tertiary/aromatic N) is 4. The van der Waals surface area contributed by atoms with E-state index < -0.39 is 13.1 Å². The maximum Gasteiger partial charge on any atom is 0.522 e. The van der Waals surface area contributed by atoms with Crippen molar-refractivity contribution in [2.24, 2.45) is 0 Å². The molecule has 1 saturated heterocycles. The molecule has 2 aliphatic rings. The van der Waals surface area contributed by atoms with Gasteiger partial charge < -0.3 is 24.6 Å². The van der Waals surface area contributed by atoms with Crippen LogP contribution in [0.1, 0.15) is 22.0 Å². The van der Waals surface area contributed by atoms with Crippen molar-refractivity contribution < 1.29 is 29.4 Å². The van der Waals surface area contributed by atoms with Crippen molar-refractivity contribution in [1.82, 2.24) is 19.9 Å². The van der Waals surface area contributed by atoms with Crippen molar-refractivity contribution in [1.29, 1.82) is 0 Å². The zero-order chi connectivity index (χ0) is 19.7. The standard InChI is InChI=1S/C17H21BN4O6/c23-10-12(22-19-5-6-20-22)7-21-8-13(9-21)27-14-2-1-11-3-4-18(26)28-16(11)15(14)17(24)25/h1-2,5-6,12-13,23,26H,3-4,7-10H2,(H,24,25)/t12-/m0/s1. The maximum atomic E-state index is 11.8. The molecular weight excluding hydrogens is 367 g/mol. The summed E-state index contributed by atoms with van der Waals surface area (Å²) in [7, 11) is -1.01. The van der Waals surface area contributed by atoms with Crippen LogP contribution in [-0.4, -0.2) is 80.6 Å². The van der Waals surface area contributed by atoms with E-state index >= 15 is 0 Å². The van der Waals surface area contributed by atoms with Crippen molar-refractivity contribution in [3.05, 3.63) is 35.7 Å². The molecule has 0 unspecified atom stereocenters. The Morgan fingerprint density at radius 1 is 1.36 bits per heavy atom. The van der Waals surface area contributed by atoms with Gasteiger partial charge in [-0.3, -0.25) is 4.90 Å². The second kappa shape index (κ2) is 7.78. The molecule has 10 nitrogen and oxygen atoms in total. The number of carboxylic acids is 1. The number of ether oxygens (including phenoxy) is 1. The molecule has 0 aliphatic carbocycles. The third kappa shape index (κ3) is 3.68. The van der Waals surface area contributed by atoms with E-state index in [0.717, 1.165) is 5.56 Å². The SMILES string of the molecule is O=C(O)c1c(OC2CN(C[C@@H](CO)n3nccn3)C2)ccc2c1OB(O)CC2. The molecule has 1 aromatic carbocycles. The molecule has 0 saturated carbocycles. The Balaban J connectivity index is 1.41. The summed E-state index contributed by atoms with van der Waals surface area (Å²) in [5.41, 5.74) is 0.700. The van der Waals surface area contributed by atoms with Crippen LogP contribution in [0.3, 0.4) is 0 Å². The van der Waals surface area contributed by atoms with Gasteiger partial charge in [0, 0.05) is 19.6 Å². The number of carboxylic acid groups (broad SMARTS) is 1. The minimum atomic E-state index is -1.15. The van der Waals surface area contributed by atoms with Crippen molar-refractivity contribution in [2.75, 3.05) is 26.2 Å². The normalized spacial score (nSPS) is 18.1. The Morgan fingerprint density at radius 3 is 2.79 bits per heavy atom. The van der Waals surface area contributed by atoms with Crippen molar-refractivity contribution >= 4 is 13.1 Å². The first-order valence-electron chi connectivity index (χ1n) is 9.14. The van der Waals surface area contributed by atoms with Gasteiger partial charge in [-0.25, -0.2) is 4.79 Å². The number of carbonyl (C=O) groups is 1. The molecule has 4 rings (SSSR count). The molecule has 0 spiro atoms. The lowest BCUT2D eigenvalue weighted by molar-refractivity contribution is 0.00219. The second-order valence-corrected chi connectivity index (χ2v) is 6.99. The summed E-state index contributed by atoms with van der Waals surface area (Å²) < 4.78 is 11.3. The predicted molar refractivity (Wildman–Crippen MR) is 97.5 cm³/mol. The fourth-order valence-corrected chi connectivity index (χ4v) is 3.56. The lowest BCUT2D eigenvalue weighted by Gasteiger charge is -2.40. The number of aliphatic hydroxyl groups is 1. The van der Waals surface area contributed by atoms with Gasteiger partial charge >= 0.3 is 13.1 Å². The van der Waals surface area contributed by atoms with Crippen molar-refractivity contribution in [2.45, 2.75) is 24.9 Å². The third-order valence-electron chi connectivity index (χ3n) is 4.99. The van der Waals surface area contributed by atoms with Gasteiger partial charge in [0.2, 0.25) is 0 Å². The lowest BCUT2D eigenvalue weighted by atomic mass is 9.78. The van der Waals surface area contributed by atoms with Crippen LogP contribution in [-0.2, 0) is 6.42 Å². The van der Waals surface area contributed by atoms with Crippen LogP contribution in [0.5, 0.6) is 11.5 Å². The molecule has 3 heterocycles. The van der Waals surface area contributed by atoms with E-state index in [0.29, 0.717) is 32.4 Å². The molecule has 0 amide bonds. The molecule has 2 aromatic rings. The quantitative estimate of drug-likeness (QED) is 0.547. The van der Waals surface area contributed by atoms with Crippen molar-refractivity contribution in [3.63, 3.8) is 0 Å². The smallest absolute Gasteiger partial charge is 0.522 e. The molecule has 28 heavy (non-hydrogen) atoms. The molecule has 1 fully saturated rings. The summed E-state index contributed by atoms with van der Waals surface area (Å²) in [6.45, 7) is 1.68. The predicted octanol–water partition coefficient (Wildman–Crippen LogP) is -0.312. The minimum absolute atomic E-state index is 0.0522. The molecule has 0 radical (unpaired) electrons. The van der Waals surface area contributed by atoms with Gasteiger partial charge in [-0.15, -0.1) is 0 Å². The van der Waals surface area contributed by atoms with Gasteiger partial charge in [0.05, 0.1) is 19.0 Å². The monoisotopic (exact) mass is 388 g/mol. The number of aromatic carboxylic acids is 1. The van der Waals surface area contributed by atoms with E-state index in [1.165, 1.54) is 4.80 Å². The van der Waals surface area contributed by atoms with E-state index in [9.17, 15) is 20.0 Å². The summed E-state index contributed by atoms with van der Waals surface area (Å²) in [6.07, 6.45) is 3.94.